The molecule has 4 heteroatoms. The minimum atomic E-state index is -0.371. The van der Waals surface area contributed by atoms with Gasteiger partial charge in [-0.05, 0) is 49.3 Å². The molecule has 0 radical (unpaired) electrons. The van der Waals surface area contributed by atoms with E-state index in [-0.39, 0.29) is 11.9 Å². The van der Waals surface area contributed by atoms with Crippen molar-refractivity contribution in [3.8, 4) is 0 Å². The van der Waals surface area contributed by atoms with E-state index in [0.29, 0.717) is 5.56 Å². The highest BCUT2D eigenvalue weighted by molar-refractivity contribution is 7.98. The van der Waals surface area contributed by atoms with Crippen molar-refractivity contribution in [1.29, 1.82) is 0 Å². The predicted octanol–water partition coefficient (Wildman–Crippen LogP) is 2.06. The van der Waals surface area contributed by atoms with E-state index in [2.05, 4.69) is 0 Å². The summed E-state index contributed by atoms with van der Waals surface area (Å²) in [6, 6.07) is 5.88. The van der Waals surface area contributed by atoms with Crippen LogP contribution in [0.3, 0.4) is 0 Å². The van der Waals surface area contributed by atoms with Crippen LogP contribution in [0.15, 0.2) is 18.2 Å². The number of carbonyl (C=O) groups excluding carboxylic acids is 1. The van der Waals surface area contributed by atoms with Crippen molar-refractivity contribution in [1.82, 2.24) is 0 Å². The van der Waals surface area contributed by atoms with E-state index in [9.17, 15) is 4.79 Å². The number of rotatable bonds is 6. The van der Waals surface area contributed by atoms with Crippen molar-refractivity contribution in [2.75, 3.05) is 5.75 Å². The van der Waals surface area contributed by atoms with Crippen molar-refractivity contribution < 1.29 is 4.79 Å². The van der Waals surface area contributed by atoms with E-state index in [1.54, 1.807) is 6.07 Å². The highest BCUT2D eigenvalue weighted by Gasteiger charge is 2.04. The zero-order valence-corrected chi connectivity index (χ0v) is 11.2. The molecule has 1 aromatic carbocycles. The van der Waals surface area contributed by atoms with Gasteiger partial charge in [0.2, 0.25) is 5.91 Å². The molecule has 1 unspecified atom stereocenters. The molecule has 0 bridgehead atoms. The number of amides is 1. The minimum absolute atomic E-state index is 0.265. The average molecular weight is 252 g/mol. The van der Waals surface area contributed by atoms with Crippen LogP contribution in [0.1, 0.15) is 34.8 Å². The van der Waals surface area contributed by atoms with Crippen molar-refractivity contribution in [3.05, 3.63) is 34.9 Å². The lowest BCUT2D eigenvalue weighted by Crippen LogP contribution is -2.15. The van der Waals surface area contributed by atoms with Gasteiger partial charge in [-0.1, -0.05) is 6.07 Å². The Labute approximate surface area is 107 Å². The molecule has 4 N–H and O–H groups in total. The molecule has 1 rings (SSSR count). The van der Waals surface area contributed by atoms with Crippen LogP contribution >= 0.6 is 11.8 Å². The zero-order valence-electron chi connectivity index (χ0n) is 10.4. The third kappa shape index (κ3) is 4.79. The lowest BCUT2D eigenvalue weighted by molar-refractivity contribution is 0.1000. The first-order valence-electron chi connectivity index (χ1n) is 5.73. The molecule has 94 valence electrons. The molecule has 0 aliphatic rings. The van der Waals surface area contributed by atoms with Crippen LogP contribution < -0.4 is 11.5 Å². The van der Waals surface area contributed by atoms with Crippen LogP contribution in [0.25, 0.3) is 0 Å². The van der Waals surface area contributed by atoms with Crippen LogP contribution in [0.4, 0.5) is 0 Å². The van der Waals surface area contributed by atoms with Crippen molar-refractivity contribution in [3.63, 3.8) is 0 Å². The SMILES string of the molecule is Cc1cc(C(N)=O)ccc1CSCCC(C)N. The van der Waals surface area contributed by atoms with E-state index >= 15 is 0 Å². The van der Waals surface area contributed by atoms with Crippen molar-refractivity contribution in [2.45, 2.75) is 32.1 Å². The average Bonchev–Trinajstić information content (AvgIpc) is 2.25. The number of aryl methyl sites for hydroxylation is 1. The molecule has 0 heterocycles. The second kappa shape index (κ2) is 6.67. The van der Waals surface area contributed by atoms with Gasteiger partial charge in [0.25, 0.3) is 0 Å². The fraction of sp³-hybridized carbons (Fsp3) is 0.462. The Kier molecular flexibility index (Phi) is 5.51. The maximum atomic E-state index is 11.0. The first kappa shape index (κ1) is 14.1. The number of benzene rings is 1. The van der Waals surface area contributed by atoms with Gasteiger partial charge >= 0.3 is 0 Å². The number of thioether (sulfide) groups is 1. The number of hydrogen-bond donors (Lipinski definition) is 2. The summed E-state index contributed by atoms with van der Waals surface area (Å²) in [6.07, 6.45) is 1.03. The first-order valence-corrected chi connectivity index (χ1v) is 6.89. The molecule has 0 fully saturated rings. The van der Waals surface area contributed by atoms with Gasteiger partial charge < -0.3 is 11.5 Å². The molecule has 17 heavy (non-hydrogen) atoms. The van der Waals surface area contributed by atoms with E-state index < -0.39 is 0 Å². The molecule has 1 aromatic rings. The van der Waals surface area contributed by atoms with Crippen LogP contribution in [0.5, 0.6) is 0 Å². The zero-order chi connectivity index (χ0) is 12.8. The van der Waals surface area contributed by atoms with Gasteiger partial charge in [-0.15, -0.1) is 0 Å². The molecular formula is C13H20N2OS. The molecule has 0 spiro atoms. The normalized spacial score (nSPS) is 12.4. The number of carbonyl (C=O) groups is 1. The molecule has 0 saturated carbocycles. The highest BCUT2D eigenvalue weighted by Crippen LogP contribution is 2.18. The second-order valence-corrected chi connectivity index (χ2v) is 5.43. The largest absolute Gasteiger partial charge is 0.366 e. The minimum Gasteiger partial charge on any atom is -0.366 e. The molecule has 0 aromatic heterocycles. The Hall–Kier alpha value is -1.000. The summed E-state index contributed by atoms with van der Waals surface area (Å²) in [6.45, 7) is 4.03. The van der Waals surface area contributed by atoms with E-state index in [1.807, 2.05) is 37.7 Å². The van der Waals surface area contributed by atoms with Gasteiger partial charge in [-0.25, -0.2) is 0 Å². The van der Waals surface area contributed by atoms with Gasteiger partial charge in [0, 0.05) is 17.4 Å². The Morgan fingerprint density at radius 1 is 1.47 bits per heavy atom. The first-order chi connectivity index (χ1) is 8.00. The Morgan fingerprint density at radius 2 is 2.18 bits per heavy atom. The van der Waals surface area contributed by atoms with E-state index in [4.69, 9.17) is 11.5 Å². The molecule has 0 saturated heterocycles. The summed E-state index contributed by atoms with van der Waals surface area (Å²) in [5.41, 5.74) is 13.9. The molecule has 1 amide bonds. The monoisotopic (exact) mass is 252 g/mol. The Bertz CT molecular complexity index is 391. The number of nitrogens with two attached hydrogens (primary N) is 2. The smallest absolute Gasteiger partial charge is 0.248 e. The van der Waals surface area contributed by atoms with Gasteiger partial charge in [0.15, 0.2) is 0 Å². The van der Waals surface area contributed by atoms with Crippen LogP contribution in [-0.2, 0) is 5.75 Å². The summed E-state index contributed by atoms with van der Waals surface area (Å²) in [7, 11) is 0. The van der Waals surface area contributed by atoms with Gasteiger partial charge in [0.1, 0.15) is 0 Å². The molecule has 1 atom stereocenters. The summed E-state index contributed by atoms with van der Waals surface area (Å²) in [4.78, 5) is 11.0. The summed E-state index contributed by atoms with van der Waals surface area (Å²) in [5, 5.41) is 0. The summed E-state index contributed by atoms with van der Waals surface area (Å²) >= 11 is 1.87. The maximum absolute atomic E-state index is 11.0. The van der Waals surface area contributed by atoms with E-state index in [0.717, 1.165) is 23.5 Å². The van der Waals surface area contributed by atoms with Crippen LogP contribution in [0, 0.1) is 6.92 Å². The standard InChI is InChI=1S/C13H20N2OS/c1-9-7-11(13(15)16)3-4-12(9)8-17-6-5-10(2)14/h3-4,7,10H,5-6,8,14H2,1-2H3,(H2,15,16). The quantitative estimate of drug-likeness (QED) is 0.761. The Morgan fingerprint density at radius 3 is 2.71 bits per heavy atom. The fourth-order valence-electron chi connectivity index (χ4n) is 1.46. The lowest BCUT2D eigenvalue weighted by Gasteiger charge is -2.08. The van der Waals surface area contributed by atoms with Crippen molar-refractivity contribution >= 4 is 17.7 Å². The summed E-state index contributed by atoms with van der Waals surface area (Å²) < 4.78 is 0. The lowest BCUT2D eigenvalue weighted by atomic mass is 10.1. The van der Waals surface area contributed by atoms with Gasteiger partial charge in [-0.3, -0.25) is 4.79 Å². The van der Waals surface area contributed by atoms with Crippen molar-refractivity contribution in [2.24, 2.45) is 11.5 Å². The fourth-order valence-corrected chi connectivity index (χ4v) is 2.69. The van der Waals surface area contributed by atoms with E-state index in [1.165, 1.54) is 5.56 Å². The van der Waals surface area contributed by atoms with Gasteiger partial charge in [-0.2, -0.15) is 11.8 Å². The summed E-state index contributed by atoms with van der Waals surface area (Å²) in [5.74, 6) is 1.65. The highest BCUT2D eigenvalue weighted by atomic mass is 32.2. The number of primary amides is 1. The molecule has 3 nitrogen and oxygen atoms in total. The maximum Gasteiger partial charge on any atom is 0.248 e. The third-order valence-corrected chi connectivity index (χ3v) is 3.64. The molecule has 0 aliphatic carbocycles. The Balaban J connectivity index is 2.52. The van der Waals surface area contributed by atoms with Crippen LogP contribution in [0.2, 0.25) is 0 Å². The number of hydrogen-bond acceptors (Lipinski definition) is 3. The van der Waals surface area contributed by atoms with Gasteiger partial charge in [0.05, 0.1) is 0 Å². The second-order valence-electron chi connectivity index (χ2n) is 4.32. The predicted molar refractivity (Wildman–Crippen MR) is 74.1 cm³/mol. The van der Waals surface area contributed by atoms with Crippen LogP contribution in [-0.4, -0.2) is 17.7 Å². The molecule has 0 aliphatic heterocycles. The topological polar surface area (TPSA) is 69.1 Å². The third-order valence-electron chi connectivity index (χ3n) is 2.60. The molecular weight excluding hydrogens is 232 g/mol.